The minimum Gasteiger partial charge on any atom is -0.496 e. The molecule has 0 saturated carbocycles. The van der Waals surface area contributed by atoms with Crippen LogP contribution in [0.25, 0.3) is 22.0 Å². The number of amides is 1. The van der Waals surface area contributed by atoms with Crippen LogP contribution in [0.15, 0.2) is 48.7 Å². The second-order valence-electron chi connectivity index (χ2n) is 9.11. The van der Waals surface area contributed by atoms with E-state index in [1.165, 1.54) is 4.90 Å². The first-order chi connectivity index (χ1) is 17.7. The van der Waals surface area contributed by atoms with Crippen LogP contribution in [0.5, 0.6) is 5.75 Å². The molecule has 0 saturated heterocycles. The van der Waals surface area contributed by atoms with Crippen LogP contribution in [0.1, 0.15) is 40.4 Å². The highest BCUT2D eigenvalue weighted by Crippen LogP contribution is 2.36. The number of benzene rings is 2. The molecular formula is C28H32N6O3. The van der Waals surface area contributed by atoms with E-state index in [0.29, 0.717) is 23.1 Å². The molecule has 0 aliphatic carbocycles. The number of anilines is 2. The number of rotatable bonds is 8. The number of carbonyl (C=O) groups is 1. The number of hydrogen-bond acceptors (Lipinski definition) is 8. The van der Waals surface area contributed by atoms with Gasteiger partial charge in [0.2, 0.25) is 0 Å². The Morgan fingerprint density at radius 2 is 1.95 bits per heavy atom. The number of ether oxygens (including phenoxy) is 1. The molecule has 1 amide bonds. The van der Waals surface area contributed by atoms with Gasteiger partial charge in [-0.25, -0.2) is 9.97 Å². The molecule has 4 aromatic rings. The topological polar surface area (TPSA) is 126 Å². The largest absolute Gasteiger partial charge is 0.496 e. The average molecular weight is 501 g/mol. The van der Waals surface area contributed by atoms with Crippen molar-refractivity contribution in [3.8, 4) is 16.9 Å². The summed E-state index contributed by atoms with van der Waals surface area (Å²) in [5.74, 6) is 1.71. The van der Waals surface area contributed by atoms with Gasteiger partial charge in [0, 0.05) is 48.1 Å². The van der Waals surface area contributed by atoms with Crippen LogP contribution < -0.4 is 15.8 Å². The number of likely N-dealkylation sites (N-methyl/N-ethyl adjacent to an activating group) is 1. The zero-order valence-electron chi connectivity index (χ0n) is 21.7. The number of fused-ring (bicyclic) bond motifs is 1. The summed E-state index contributed by atoms with van der Waals surface area (Å²) in [4.78, 5) is 27.6. The number of hydrogen-bond donors (Lipinski definition) is 3. The van der Waals surface area contributed by atoms with E-state index < -0.39 is 0 Å². The van der Waals surface area contributed by atoms with Crippen molar-refractivity contribution in [3.05, 3.63) is 71.3 Å². The molecule has 0 fully saturated rings. The summed E-state index contributed by atoms with van der Waals surface area (Å²) in [6, 6.07) is 13.3. The van der Waals surface area contributed by atoms with Crippen molar-refractivity contribution in [1.29, 1.82) is 0 Å². The monoisotopic (exact) mass is 500 g/mol. The Hall–Kier alpha value is -4.24. The quantitative estimate of drug-likeness (QED) is 0.308. The van der Waals surface area contributed by atoms with Gasteiger partial charge in [0.1, 0.15) is 23.1 Å². The highest BCUT2D eigenvalue weighted by atomic mass is 16.5. The molecule has 0 radical (unpaired) electrons. The molecule has 4 rings (SSSR count). The Morgan fingerprint density at radius 3 is 2.59 bits per heavy atom. The first-order valence-corrected chi connectivity index (χ1v) is 12.0. The lowest BCUT2D eigenvalue weighted by Crippen LogP contribution is -2.30. The first kappa shape index (κ1) is 25.8. The van der Waals surface area contributed by atoms with Crippen molar-refractivity contribution in [2.45, 2.75) is 26.8 Å². The highest BCUT2D eigenvalue weighted by Gasteiger charge is 2.17. The van der Waals surface area contributed by atoms with E-state index in [1.54, 1.807) is 26.4 Å². The minimum absolute atomic E-state index is 0.0480. The van der Waals surface area contributed by atoms with Crippen LogP contribution in [0, 0.1) is 13.8 Å². The van der Waals surface area contributed by atoms with Crippen LogP contribution in [-0.4, -0.2) is 58.2 Å². The molecule has 2 aromatic carbocycles. The Morgan fingerprint density at radius 1 is 1.16 bits per heavy atom. The second-order valence-corrected chi connectivity index (χ2v) is 9.11. The summed E-state index contributed by atoms with van der Waals surface area (Å²) in [6.07, 6.45) is 1.64. The predicted molar refractivity (Wildman–Crippen MR) is 146 cm³/mol. The van der Waals surface area contributed by atoms with Crippen molar-refractivity contribution >= 4 is 28.3 Å². The molecule has 192 valence electrons. The summed E-state index contributed by atoms with van der Waals surface area (Å²) in [6.45, 7) is 6.07. The van der Waals surface area contributed by atoms with E-state index in [1.807, 2.05) is 44.2 Å². The number of aliphatic hydroxyl groups is 1. The third kappa shape index (κ3) is 5.62. The third-order valence-corrected chi connectivity index (χ3v) is 6.18. The minimum atomic E-state index is -0.257. The maximum absolute atomic E-state index is 12.5. The lowest BCUT2D eigenvalue weighted by Gasteiger charge is -2.19. The van der Waals surface area contributed by atoms with Crippen LogP contribution >= 0.6 is 0 Å². The predicted octanol–water partition coefficient (Wildman–Crippen LogP) is 4.14. The van der Waals surface area contributed by atoms with Crippen molar-refractivity contribution in [2.75, 3.05) is 38.4 Å². The maximum atomic E-state index is 12.5. The van der Waals surface area contributed by atoms with Gasteiger partial charge in [-0.2, -0.15) is 0 Å². The zero-order chi connectivity index (χ0) is 26.7. The molecule has 0 aliphatic rings. The number of aromatic nitrogens is 3. The number of aryl methyl sites for hydroxylation is 2. The Labute approximate surface area is 216 Å². The zero-order valence-corrected chi connectivity index (χ0v) is 21.7. The molecule has 9 heteroatoms. The van der Waals surface area contributed by atoms with Gasteiger partial charge in [0.25, 0.3) is 5.91 Å². The standard InChI is InChI=1S/C28H32N6O3/c1-16-10-20(12-21(29)11-16)17(2)31-27-23-13-22(26(37-5)14-25(23)32-18(3)33-27)19-6-7-24(30-15-19)28(36)34(4)8-9-35/h6-7,10-15,17,35H,8-9,29H2,1-5H3,(H,31,32,33)/t17-/m1/s1. The Balaban J connectivity index is 1.74. The van der Waals surface area contributed by atoms with Crippen molar-refractivity contribution < 1.29 is 14.6 Å². The average Bonchev–Trinajstić information content (AvgIpc) is 2.87. The fraction of sp³-hybridized carbons (Fsp3) is 0.286. The smallest absolute Gasteiger partial charge is 0.272 e. The van der Waals surface area contributed by atoms with Crippen LogP contribution in [0.2, 0.25) is 0 Å². The summed E-state index contributed by atoms with van der Waals surface area (Å²) < 4.78 is 5.69. The molecule has 0 bridgehead atoms. The molecule has 4 N–H and O–H groups in total. The number of aliphatic hydroxyl groups excluding tert-OH is 1. The molecule has 9 nitrogen and oxygen atoms in total. The number of pyridine rings is 1. The van der Waals surface area contributed by atoms with Crippen LogP contribution in [0.4, 0.5) is 11.5 Å². The molecule has 2 heterocycles. The van der Waals surface area contributed by atoms with Gasteiger partial charge in [0.15, 0.2) is 0 Å². The van der Waals surface area contributed by atoms with E-state index in [2.05, 4.69) is 28.3 Å². The number of nitrogens with two attached hydrogens (primary N) is 1. The van der Waals surface area contributed by atoms with Crippen LogP contribution in [0.3, 0.4) is 0 Å². The van der Waals surface area contributed by atoms with Gasteiger partial charge in [-0.15, -0.1) is 0 Å². The summed E-state index contributed by atoms with van der Waals surface area (Å²) in [5.41, 5.74) is 11.6. The number of carbonyl (C=O) groups excluding carboxylic acids is 1. The number of nitrogens with one attached hydrogen (secondary N) is 1. The summed E-state index contributed by atoms with van der Waals surface area (Å²) >= 11 is 0. The highest BCUT2D eigenvalue weighted by molar-refractivity contribution is 5.96. The lowest BCUT2D eigenvalue weighted by atomic mass is 10.0. The molecule has 0 unspecified atom stereocenters. The van der Waals surface area contributed by atoms with Gasteiger partial charge in [-0.1, -0.05) is 12.1 Å². The fourth-order valence-electron chi connectivity index (χ4n) is 4.29. The van der Waals surface area contributed by atoms with Gasteiger partial charge in [-0.3, -0.25) is 9.78 Å². The SMILES string of the molecule is COc1cc2nc(C)nc(N[C@H](C)c3cc(C)cc(N)c3)c2cc1-c1ccc(C(=O)N(C)CCO)nc1. The molecule has 2 aromatic heterocycles. The molecule has 1 atom stereocenters. The van der Waals surface area contributed by atoms with Gasteiger partial charge >= 0.3 is 0 Å². The summed E-state index contributed by atoms with van der Waals surface area (Å²) in [5, 5.41) is 13.5. The number of methoxy groups -OCH3 is 1. The van der Waals surface area contributed by atoms with Gasteiger partial charge in [0.05, 0.1) is 25.3 Å². The van der Waals surface area contributed by atoms with Gasteiger partial charge < -0.3 is 25.8 Å². The first-order valence-electron chi connectivity index (χ1n) is 12.0. The van der Waals surface area contributed by atoms with E-state index in [-0.39, 0.29) is 25.1 Å². The van der Waals surface area contributed by atoms with E-state index in [0.717, 1.165) is 38.8 Å². The fourth-order valence-corrected chi connectivity index (χ4v) is 4.29. The van der Waals surface area contributed by atoms with E-state index in [4.69, 9.17) is 20.6 Å². The molecule has 37 heavy (non-hydrogen) atoms. The van der Waals surface area contributed by atoms with E-state index in [9.17, 15) is 4.79 Å². The second kappa shape index (κ2) is 10.8. The van der Waals surface area contributed by atoms with Crippen molar-refractivity contribution in [2.24, 2.45) is 0 Å². The molecular weight excluding hydrogens is 468 g/mol. The maximum Gasteiger partial charge on any atom is 0.272 e. The number of nitrogen functional groups attached to an aromatic ring is 1. The normalized spacial score (nSPS) is 11.8. The summed E-state index contributed by atoms with van der Waals surface area (Å²) in [7, 11) is 3.24. The van der Waals surface area contributed by atoms with Crippen molar-refractivity contribution in [1.82, 2.24) is 19.9 Å². The van der Waals surface area contributed by atoms with E-state index >= 15 is 0 Å². The third-order valence-electron chi connectivity index (χ3n) is 6.18. The molecule has 0 aliphatic heterocycles. The number of nitrogens with zero attached hydrogens (tertiary/aromatic N) is 4. The van der Waals surface area contributed by atoms with Crippen LogP contribution in [-0.2, 0) is 0 Å². The lowest BCUT2D eigenvalue weighted by molar-refractivity contribution is 0.0761. The van der Waals surface area contributed by atoms with Crippen molar-refractivity contribution in [3.63, 3.8) is 0 Å². The molecule has 0 spiro atoms. The van der Waals surface area contributed by atoms with Gasteiger partial charge in [-0.05, 0) is 56.2 Å². The Bertz CT molecular complexity index is 1420. The Kier molecular flexibility index (Phi) is 7.54.